The Balaban J connectivity index is 1.81. The molecule has 1 heterocycles. The molecular weight excluding hydrogens is 355 g/mol. The van der Waals surface area contributed by atoms with Gasteiger partial charge in [-0.3, -0.25) is 4.79 Å². The van der Waals surface area contributed by atoms with E-state index in [-0.39, 0.29) is 29.6 Å². The minimum absolute atomic E-state index is 0.00660. The van der Waals surface area contributed by atoms with E-state index in [1.54, 1.807) is 47.2 Å². The number of halogens is 2. The molecule has 3 rings (SSSR count). The third-order valence-corrected chi connectivity index (χ3v) is 4.64. The summed E-state index contributed by atoms with van der Waals surface area (Å²) in [7, 11) is 0. The lowest BCUT2D eigenvalue weighted by molar-refractivity contribution is -0.136. The van der Waals surface area contributed by atoms with Gasteiger partial charge in [0, 0.05) is 23.0 Å². The second-order valence-corrected chi connectivity index (χ2v) is 6.79. The van der Waals surface area contributed by atoms with Gasteiger partial charge in [0.2, 0.25) is 5.69 Å². The normalized spacial score (nSPS) is 13.3. The molecule has 0 amide bonds. The quantitative estimate of drug-likeness (QED) is 0.670. The van der Waals surface area contributed by atoms with Gasteiger partial charge in [-0.15, -0.1) is 0 Å². The lowest BCUT2D eigenvalue weighted by atomic mass is 9.95. The number of carbonyl (C=O) groups excluding carboxylic acids is 1. The van der Waals surface area contributed by atoms with Crippen molar-refractivity contribution in [1.29, 1.82) is 0 Å². The number of ketones is 1. The smallest absolute Gasteiger partial charge is 0.205 e. The van der Waals surface area contributed by atoms with Crippen molar-refractivity contribution in [1.82, 2.24) is 4.57 Å². The molecule has 0 bridgehead atoms. The molecule has 0 unspecified atom stereocenters. The summed E-state index contributed by atoms with van der Waals surface area (Å²) >= 11 is 6.00. The highest BCUT2D eigenvalue weighted by Gasteiger charge is 2.31. The molecule has 1 atom stereocenters. The zero-order valence-corrected chi connectivity index (χ0v) is 14.8. The Labute approximate surface area is 155 Å². The fraction of sp³-hybridized carbons (Fsp3) is 0.200. The summed E-state index contributed by atoms with van der Waals surface area (Å²) in [6, 6.07) is 11.1. The van der Waals surface area contributed by atoms with E-state index in [9.17, 15) is 14.3 Å². The van der Waals surface area contributed by atoms with Crippen LogP contribution >= 0.6 is 11.6 Å². The first-order chi connectivity index (χ1) is 12.3. The summed E-state index contributed by atoms with van der Waals surface area (Å²) in [6.07, 6.45) is 1.63. The van der Waals surface area contributed by atoms with Crippen molar-refractivity contribution in [3.05, 3.63) is 76.5 Å². The standard InChI is InChI=1S/C20H16ClFN2O2/c1-20(26,12-24-9-8-14-16(22)4-3-5-18(14)24)19(25)11-13-6-7-17(23-2)15(21)10-13/h3-10,26H,11-12H2,1H3/t20-/m0/s1. The third kappa shape index (κ3) is 3.48. The monoisotopic (exact) mass is 370 g/mol. The predicted molar refractivity (Wildman–Crippen MR) is 98.9 cm³/mol. The third-order valence-electron chi connectivity index (χ3n) is 4.34. The fourth-order valence-corrected chi connectivity index (χ4v) is 3.12. The Morgan fingerprint density at radius 3 is 2.81 bits per heavy atom. The van der Waals surface area contributed by atoms with Gasteiger partial charge in [0.25, 0.3) is 0 Å². The number of Topliss-reactive ketones (excluding diaryl/α,β-unsaturated/α-hetero) is 1. The second kappa shape index (κ2) is 6.91. The van der Waals surface area contributed by atoms with Crippen molar-refractivity contribution in [2.45, 2.75) is 25.5 Å². The fourth-order valence-electron chi connectivity index (χ4n) is 2.87. The van der Waals surface area contributed by atoms with E-state index in [0.717, 1.165) is 0 Å². The number of aromatic nitrogens is 1. The van der Waals surface area contributed by atoms with E-state index in [0.29, 0.717) is 22.2 Å². The van der Waals surface area contributed by atoms with Crippen LogP contribution in [0.3, 0.4) is 0 Å². The highest BCUT2D eigenvalue weighted by molar-refractivity contribution is 6.33. The molecule has 0 spiro atoms. The van der Waals surface area contributed by atoms with E-state index < -0.39 is 5.60 Å². The Morgan fingerprint density at radius 1 is 1.35 bits per heavy atom. The van der Waals surface area contributed by atoms with E-state index in [1.807, 2.05) is 0 Å². The molecule has 0 aliphatic carbocycles. The maximum absolute atomic E-state index is 13.8. The minimum Gasteiger partial charge on any atom is -0.380 e. The number of carbonyl (C=O) groups is 1. The average molecular weight is 371 g/mol. The number of hydrogen-bond acceptors (Lipinski definition) is 2. The molecule has 4 nitrogen and oxygen atoms in total. The number of hydrogen-bond donors (Lipinski definition) is 1. The maximum atomic E-state index is 13.8. The molecule has 26 heavy (non-hydrogen) atoms. The van der Waals surface area contributed by atoms with Crippen LogP contribution in [0.25, 0.3) is 15.7 Å². The highest BCUT2D eigenvalue weighted by atomic mass is 35.5. The van der Waals surface area contributed by atoms with E-state index >= 15 is 0 Å². The molecule has 0 aliphatic rings. The number of rotatable bonds is 5. The summed E-state index contributed by atoms with van der Waals surface area (Å²) in [5.41, 5.74) is -0.0856. The maximum Gasteiger partial charge on any atom is 0.205 e. The first kappa shape index (κ1) is 18.1. The molecule has 0 radical (unpaired) electrons. The van der Waals surface area contributed by atoms with Crippen LogP contribution in [0.4, 0.5) is 10.1 Å². The van der Waals surface area contributed by atoms with Crippen LogP contribution in [-0.2, 0) is 17.8 Å². The van der Waals surface area contributed by atoms with Crippen molar-refractivity contribution >= 4 is 34.0 Å². The topological polar surface area (TPSA) is 46.6 Å². The highest BCUT2D eigenvalue weighted by Crippen LogP contribution is 2.27. The molecular formula is C20H16ClFN2O2. The summed E-state index contributed by atoms with van der Waals surface area (Å²) in [4.78, 5) is 15.9. The molecule has 0 aliphatic heterocycles. The van der Waals surface area contributed by atoms with E-state index in [4.69, 9.17) is 18.2 Å². The first-order valence-electron chi connectivity index (χ1n) is 7.97. The summed E-state index contributed by atoms with van der Waals surface area (Å²) in [5.74, 6) is -0.732. The predicted octanol–water partition coefficient (Wildman–Crippen LogP) is 4.55. The zero-order chi connectivity index (χ0) is 18.9. The SMILES string of the molecule is [C-]#[N+]c1ccc(CC(=O)[C@@](C)(O)Cn2ccc3c(F)cccc32)cc1Cl. The van der Waals surface area contributed by atoms with Crippen LogP contribution in [-0.4, -0.2) is 21.1 Å². The zero-order valence-electron chi connectivity index (χ0n) is 14.0. The number of fused-ring (bicyclic) bond motifs is 1. The van der Waals surface area contributed by atoms with Crippen molar-refractivity contribution in [2.75, 3.05) is 0 Å². The van der Waals surface area contributed by atoms with Gasteiger partial charge in [-0.25, -0.2) is 9.24 Å². The second-order valence-electron chi connectivity index (χ2n) is 6.39. The largest absolute Gasteiger partial charge is 0.380 e. The van der Waals surface area contributed by atoms with Crippen molar-refractivity contribution in [3.63, 3.8) is 0 Å². The van der Waals surface area contributed by atoms with Crippen molar-refractivity contribution < 1.29 is 14.3 Å². The van der Waals surface area contributed by atoms with E-state index in [1.165, 1.54) is 13.0 Å². The molecule has 0 saturated carbocycles. The Kier molecular flexibility index (Phi) is 4.82. The van der Waals surface area contributed by atoms with Gasteiger partial charge in [-0.05, 0) is 30.7 Å². The Morgan fingerprint density at radius 2 is 2.12 bits per heavy atom. The Hall–Kier alpha value is -2.68. The summed E-state index contributed by atoms with van der Waals surface area (Å²) in [5, 5.41) is 11.4. The van der Waals surface area contributed by atoms with Gasteiger partial charge < -0.3 is 9.67 Å². The average Bonchev–Trinajstić information content (AvgIpc) is 2.99. The van der Waals surface area contributed by atoms with Crippen LogP contribution in [0.15, 0.2) is 48.7 Å². The lowest BCUT2D eigenvalue weighted by Crippen LogP contribution is -2.40. The minimum atomic E-state index is -1.64. The van der Waals surface area contributed by atoms with Gasteiger partial charge in [0.1, 0.15) is 11.4 Å². The molecule has 2 aromatic carbocycles. The summed E-state index contributed by atoms with van der Waals surface area (Å²) < 4.78 is 15.5. The van der Waals surface area contributed by atoms with Crippen molar-refractivity contribution in [2.24, 2.45) is 0 Å². The van der Waals surface area contributed by atoms with Gasteiger partial charge in [-0.1, -0.05) is 35.9 Å². The van der Waals surface area contributed by atoms with E-state index in [2.05, 4.69) is 4.85 Å². The van der Waals surface area contributed by atoms with Crippen LogP contribution < -0.4 is 0 Å². The van der Waals surface area contributed by atoms with Crippen LogP contribution in [0.1, 0.15) is 12.5 Å². The summed E-state index contributed by atoms with van der Waals surface area (Å²) in [6.45, 7) is 8.44. The molecule has 1 aromatic heterocycles. The van der Waals surface area contributed by atoms with Gasteiger partial charge in [0.15, 0.2) is 5.78 Å². The van der Waals surface area contributed by atoms with Crippen LogP contribution in [0, 0.1) is 12.4 Å². The molecule has 1 N–H and O–H groups in total. The molecule has 132 valence electrons. The Bertz CT molecular complexity index is 1030. The van der Waals surface area contributed by atoms with Gasteiger partial charge >= 0.3 is 0 Å². The van der Waals surface area contributed by atoms with Crippen molar-refractivity contribution in [3.8, 4) is 0 Å². The molecule has 3 aromatic rings. The molecule has 0 fully saturated rings. The molecule has 6 heteroatoms. The van der Waals surface area contributed by atoms with Crippen LogP contribution in [0.2, 0.25) is 5.02 Å². The molecule has 0 saturated heterocycles. The number of benzene rings is 2. The number of aliphatic hydroxyl groups is 1. The number of nitrogens with zero attached hydrogens (tertiary/aromatic N) is 2. The van der Waals surface area contributed by atoms with Crippen LogP contribution in [0.5, 0.6) is 0 Å². The lowest BCUT2D eigenvalue weighted by Gasteiger charge is -2.23. The first-order valence-corrected chi connectivity index (χ1v) is 8.34. The van der Waals surface area contributed by atoms with Gasteiger partial charge in [-0.2, -0.15) is 0 Å². The van der Waals surface area contributed by atoms with Gasteiger partial charge in [0.05, 0.1) is 18.6 Å².